The Labute approximate surface area is 192 Å². The van der Waals surface area contributed by atoms with Crippen LogP contribution in [0.3, 0.4) is 0 Å². The van der Waals surface area contributed by atoms with Gasteiger partial charge in [-0.25, -0.2) is 4.99 Å². The summed E-state index contributed by atoms with van der Waals surface area (Å²) >= 11 is 0. The average Bonchev–Trinajstić information content (AvgIpc) is 3.34. The van der Waals surface area contributed by atoms with Gasteiger partial charge in [0.15, 0.2) is 5.78 Å². The number of likely N-dealkylation sites (N-methyl/N-ethyl adjacent to an activating group) is 1. The van der Waals surface area contributed by atoms with Gasteiger partial charge in [0.05, 0.1) is 20.1 Å². The number of Topliss-reactive ketones (excluding diaryl/α,β-unsaturated/α-hetero) is 1. The molecule has 0 saturated carbocycles. The van der Waals surface area contributed by atoms with Crippen LogP contribution in [-0.2, 0) is 9.59 Å². The molecule has 0 aliphatic carbocycles. The number of carbonyl (C=O) groups excluding carboxylic acids is 2. The molecule has 1 aromatic heterocycles. The minimum Gasteiger partial charge on any atom is -0.497 e. The maximum atomic E-state index is 13.7. The molecule has 33 heavy (non-hydrogen) atoms. The Morgan fingerprint density at radius 1 is 1.15 bits per heavy atom. The van der Waals surface area contributed by atoms with Crippen LogP contribution >= 0.6 is 0 Å². The Kier molecular flexibility index (Phi) is 6.09. The molecule has 8 heteroatoms. The summed E-state index contributed by atoms with van der Waals surface area (Å²) in [6.07, 6.45) is 1.74. The van der Waals surface area contributed by atoms with E-state index < -0.39 is 11.8 Å². The first-order valence-corrected chi connectivity index (χ1v) is 10.9. The lowest BCUT2D eigenvalue weighted by atomic mass is 9.74. The van der Waals surface area contributed by atoms with Crippen molar-refractivity contribution in [2.24, 2.45) is 10.9 Å². The highest BCUT2D eigenvalue weighted by Crippen LogP contribution is 2.46. The van der Waals surface area contributed by atoms with Crippen molar-refractivity contribution in [3.05, 3.63) is 64.3 Å². The molecule has 4 rings (SSSR count). The minimum atomic E-state index is -0.686. The number of nitrogens with zero attached hydrogens (tertiary/aromatic N) is 1. The molecular weight excluding hydrogens is 420 g/mol. The van der Waals surface area contributed by atoms with E-state index in [-0.39, 0.29) is 11.7 Å². The van der Waals surface area contributed by atoms with Crippen LogP contribution in [0.25, 0.3) is 6.08 Å². The number of fused-ring (bicyclic) bond motifs is 1. The molecule has 3 heterocycles. The Morgan fingerprint density at radius 3 is 2.58 bits per heavy atom. The normalized spacial score (nSPS) is 20.9. The van der Waals surface area contributed by atoms with Gasteiger partial charge in [-0.1, -0.05) is 0 Å². The maximum absolute atomic E-state index is 13.7. The van der Waals surface area contributed by atoms with Crippen molar-refractivity contribution in [2.45, 2.75) is 26.7 Å². The van der Waals surface area contributed by atoms with E-state index in [4.69, 9.17) is 9.47 Å². The number of allylic oxidation sites excluding steroid dienone is 2. The van der Waals surface area contributed by atoms with Crippen molar-refractivity contribution in [1.29, 1.82) is 0 Å². The van der Waals surface area contributed by atoms with Gasteiger partial charge in [-0.3, -0.25) is 9.59 Å². The molecule has 1 aromatic carbocycles. The molecule has 8 nitrogen and oxygen atoms in total. The summed E-state index contributed by atoms with van der Waals surface area (Å²) in [5.74, 6) is 0.0335. The zero-order chi connectivity index (χ0) is 23.7. The summed E-state index contributed by atoms with van der Waals surface area (Å²) in [6, 6.07) is 9.23. The van der Waals surface area contributed by atoms with Crippen molar-refractivity contribution in [3.8, 4) is 11.5 Å². The first kappa shape index (κ1) is 22.4. The standard InChI is InChI=1S/C25H28N4O4/c1-6-26-25(31)20-14(3)28-24-22(21(20)17-12-16(32-4)9-10-19(17)33-5)23(30)18(29-24)11-15-8-7-13(2)27-15/h7-12,21-22,27H,6H2,1-5H3,(H,26,31)(H,28,29)/b18-11-. The van der Waals surface area contributed by atoms with Gasteiger partial charge in [0, 0.05) is 40.7 Å². The third-order valence-corrected chi connectivity index (χ3v) is 5.93. The summed E-state index contributed by atoms with van der Waals surface area (Å²) in [7, 11) is 3.14. The van der Waals surface area contributed by atoms with Gasteiger partial charge in [0.1, 0.15) is 23.0 Å². The quantitative estimate of drug-likeness (QED) is 0.589. The second-order valence-corrected chi connectivity index (χ2v) is 8.07. The second kappa shape index (κ2) is 8.97. The molecule has 0 radical (unpaired) electrons. The Morgan fingerprint density at radius 2 is 1.94 bits per heavy atom. The highest BCUT2D eigenvalue weighted by Gasteiger charge is 2.48. The number of aliphatic imine (C=N–C) groups is 1. The van der Waals surface area contributed by atoms with Crippen LogP contribution in [0.2, 0.25) is 0 Å². The van der Waals surface area contributed by atoms with Crippen molar-refractivity contribution >= 4 is 23.6 Å². The Hall–Kier alpha value is -3.81. The topological polar surface area (TPSA) is 105 Å². The minimum absolute atomic E-state index is 0.158. The van der Waals surface area contributed by atoms with E-state index in [1.165, 1.54) is 0 Å². The predicted molar refractivity (Wildman–Crippen MR) is 126 cm³/mol. The first-order valence-electron chi connectivity index (χ1n) is 10.9. The molecule has 3 N–H and O–H groups in total. The van der Waals surface area contributed by atoms with E-state index in [0.29, 0.717) is 46.4 Å². The SMILES string of the molecule is CCNC(=O)C1=C(C)NC2=N/C(=C\c3ccc(C)[nH]3)C(=O)C2C1c1cc(OC)ccc1OC. The van der Waals surface area contributed by atoms with Crippen LogP contribution in [0.1, 0.15) is 36.7 Å². The number of methoxy groups -OCH3 is 2. The lowest BCUT2D eigenvalue weighted by Gasteiger charge is -2.33. The number of aryl methyl sites for hydroxylation is 1. The van der Waals surface area contributed by atoms with Crippen LogP contribution < -0.4 is 20.1 Å². The number of ether oxygens (including phenoxy) is 2. The number of amidine groups is 1. The summed E-state index contributed by atoms with van der Waals surface area (Å²) in [6.45, 7) is 6.10. The number of hydrogen-bond acceptors (Lipinski definition) is 6. The largest absolute Gasteiger partial charge is 0.497 e. The summed E-state index contributed by atoms with van der Waals surface area (Å²) in [5, 5.41) is 6.09. The van der Waals surface area contributed by atoms with Crippen molar-refractivity contribution in [3.63, 3.8) is 0 Å². The molecular formula is C25H28N4O4. The number of aromatic nitrogens is 1. The van der Waals surface area contributed by atoms with Gasteiger partial charge in [0.25, 0.3) is 0 Å². The van der Waals surface area contributed by atoms with Gasteiger partial charge < -0.3 is 25.1 Å². The van der Waals surface area contributed by atoms with Crippen molar-refractivity contribution in [1.82, 2.24) is 15.6 Å². The smallest absolute Gasteiger partial charge is 0.249 e. The predicted octanol–water partition coefficient (Wildman–Crippen LogP) is 3.08. The number of H-pyrrole nitrogens is 1. The van der Waals surface area contributed by atoms with E-state index in [9.17, 15) is 9.59 Å². The Bertz CT molecular complexity index is 1200. The zero-order valence-corrected chi connectivity index (χ0v) is 19.4. The fourth-order valence-corrected chi connectivity index (χ4v) is 4.46. The molecule has 0 spiro atoms. The van der Waals surface area contributed by atoms with Crippen LogP contribution in [0.5, 0.6) is 11.5 Å². The molecule has 2 atom stereocenters. The third kappa shape index (κ3) is 4.04. The van der Waals surface area contributed by atoms with Gasteiger partial charge in [0.2, 0.25) is 5.91 Å². The maximum Gasteiger partial charge on any atom is 0.249 e. The number of carbonyl (C=O) groups is 2. The number of rotatable bonds is 6. The summed E-state index contributed by atoms with van der Waals surface area (Å²) < 4.78 is 11.1. The molecule has 0 bridgehead atoms. The monoisotopic (exact) mass is 448 g/mol. The highest BCUT2D eigenvalue weighted by atomic mass is 16.5. The number of aromatic amines is 1. The fraction of sp³-hybridized carbons (Fsp3) is 0.320. The van der Waals surface area contributed by atoms with Crippen LogP contribution in [0.4, 0.5) is 0 Å². The van der Waals surface area contributed by atoms with E-state index >= 15 is 0 Å². The first-order chi connectivity index (χ1) is 15.9. The molecule has 172 valence electrons. The number of hydrogen-bond donors (Lipinski definition) is 3. The van der Waals surface area contributed by atoms with E-state index in [0.717, 1.165) is 11.4 Å². The van der Waals surface area contributed by atoms with Gasteiger partial charge >= 0.3 is 0 Å². The van der Waals surface area contributed by atoms with E-state index in [1.54, 1.807) is 32.4 Å². The van der Waals surface area contributed by atoms with E-state index in [1.807, 2.05) is 39.0 Å². The molecule has 1 amide bonds. The summed E-state index contributed by atoms with van der Waals surface area (Å²) in [5.41, 5.74) is 3.95. The number of ketones is 1. The molecule has 2 unspecified atom stereocenters. The number of benzene rings is 1. The molecule has 2 aliphatic heterocycles. The molecule has 0 saturated heterocycles. The highest BCUT2D eigenvalue weighted by molar-refractivity contribution is 6.22. The molecule has 2 aliphatic rings. The van der Waals surface area contributed by atoms with Crippen molar-refractivity contribution in [2.75, 3.05) is 20.8 Å². The lowest BCUT2D eigenvalue weighted by Crippen LogP contribution is -2.44. The molecule has 0 fully saturated rings. The van der Waals surface area contributed by atoms with Crippen LogP contribution in [0.15, 0.2) is 52.3 Å². The molecule has 2 aromatic rings. The van der Waals surface area contributed by atoms with Crippen LogP contribution in [0, 0.1) is 12.8 Å². The summed E-state index contributed by atoms with van der Waals surface area (Å²) in [4.78, 5) is 34.6. The fourth-order valence-electron chi connectivity index (χ4n) is 4.46. The third-order valence-electron chi connectivity index (χ3n) is 5.93. The second-order valence-electron chi connectivity index (χ2n) is 8.07. The number of nitrogens with one attached hydrogen (secondary N) is 3. The average molecular weight is 449 g/mol. The van der Waals surface area contributed by atoms with Gasteiger partial charge in [-0.2, -0.15) is 0 Å². The zero-order valence-electron chi connectivity index (χ0n) is 19.4. The Balaban J connectivity index is 1.88. The van der Waals surface area contributed by atoms with Gasteiger partial charge in [-0.15, -0.1) is 0 Å². The van der Waals surface area contributed by atoms with Crippen molar-refractivity contribution < 1.29 is 19.1 Å². The number of amides is 1. The van der Waals surface area contributed by atoms with Crippen LogP contribution in [-0.4, -0.2) is 43.3 Å². The van der Waals surface area contributed by atoms with Gasteiger partial charge in [-0.05, 0) is 57.2 Å². The van der Waals surface area contributed by atoms with E-state index in [2.05, 4.69) is 20.6 Å². The lowest BCUT2D eigenvalue weighted by molar-refractivity contribution is -0.118.